The van der Waals surface area contributed by atoms with E-state index in [4.69, 9.17) is 0 Å². The fourth-order valence-electron chi connectivity index (χ4n) is 3.27. The molecule has 0 radical (unpaired) electrons. The molecule has 0 aliphatic rings. The monoisotopic (exact) mass is 361 g/mol. The molecule has 140 valence electrons. The van der Waals surface area contributed by atoms with E-state index < -0.39 is 0 Å². The molecule has 0 aliphatic carbocycles. The molecule has 1 aromatic heterocycles. The molecule has 0 unspecified atom stereocenters. The van der Waals surface area contributed by atoms with Crippen molar-refractivity contribution in [3.8, 4) is 11.1 Å². The molecule has 0 saturated heterocycles. The lowest BCUT2D eigenvalue weighted by Gasteiger charge is -2.13. The molecule has 1 amide bonds. The van der Waals surface area contributed by atoms with Crippen LogP contribution in [0.25, 0.3) is 21.9 Å². The quantitative estimate of drug-likeness (QED) is 0.700. The predicted octanol–water partition coefficient (Wildman–Crippen LogP) is 4.94. The summed E-state index contributed by atoms with van der Waals surface area (Å²) in [5.74, 6) is 0.486. The average molecular weight is 361 g/mol. The number of hydrogen-bond acceptors (Lipinski definition) is 3. The first-order valence-electron chi connectivity index (χ1n) is 9.51. The van der Waals surface area contributed by atoms with Gasteiger partial charge in [0, 0.05) is 22.4 Å². The van der Waals surface area contributed by atoms with E-state index in [1.807, 2.05) is 38.2 Å². The molecular weight excluding hydrogens is 334 g/mol. The summed E-state index contributed by atoms with van der Waals surface area (Å²) >= 11 is 0. The van der Waals surface area contributed by atoms with Gasteiger partial charge in [-0.05, 0) is 68.0 Å². The molecule has 1 N–H and O–H groups in total. The van der Waals surface area contributed by atoms with Crippen LogP contribution < -0.4 is 5.32 Å². The maximum absolute atomic E-state index is 12.4. The zero-order valence-corrected chi connectivity index (χ0v) is 16.7. The fraction of sp³-hybridized carbons (Fsp3) is 0.348. The number of benzene rings is 2. The van der Waals surface area contributed by atoms with Gasteiger partial charge in [0.25, 0.3) is 5.91 Å². The van der Waals surface area contributed by atoms with Crippen LogP contribution in [-0.2, 0) is 6.42 Å². The Bertz CT molecular complexity index is 977. The average Bonchev–Trinajstić information content (AvgIpc) is 2.61. The molecule has 4 nitrogen and oxygen atoms in total. The highest BCUT2D eigenvalue weighted by Crippen LogP contribution is 2.29. The first-order chi connectivity index (χ1) is 12.8. The lowest BCUT2D eigenvalue weighted by Crippen LogP contribution is -2.30. The van der Waals surface area contributed by atoms with Crippen molar-refractivity contribution in [2.75, 3.05) is 0 Å². The minimum Gasteiger partial charge on any atom is -0.350 e. The van der Waals surface area contributed by atoms with Gasteiger partial charge in [-0.15, -0.1) is 0 Å². The molecule has 0 aliphatic heterocycles. The minimum atomic E-state index is -0.0443. The van der Waals surface area contributed by atoms with E-state index in [1.165, 1.54) is 0 Å². The van der Waals surface area contributed by atoms with E-state index in [-0.39, 0.29) is 11.9 Å². The van der Waals surface area contributed by atoms with Crippen molar-refractivity contribution in [2.24, 2.45) is 5.92 Å². The maximum Gasteiger partial charge on any atom is 0.251 e. The van der Waals surface area contributed by atoms with Gasteiger partial charge in [0.2, 0.25) is 0 Å². The highest BCUT2D eigenvalue weighted by molar-refractivity contribution is 5.96. The van der Waals surface area contributed by atoms with E-state index >= 15 is 0 Å². The number of fused-ring (bicyclic) bond motifs is 1. The molecule has 0 spiro atoms. The van der Waals surface area contributed by atoms with Crippen molar-refractivity contribution in [3.63, 3.8) is 0 Å². The number of nitrogens with one attached hydrogen (secondary N) is 1. The number of carbonyl (C=O) groups is 1. The molecule has 27 heavy (non-hydrogen) atoms. The van der Waals surface area contributed by atoms with E-state index in [1.54, 1.807) is 0 Å². The number of amides is 1. The highest BCUT2D eigenvalue weighted by Gasteiger charge is 2.12. The van der Waals surface area contributed by atoms with Gasteiger partial charge in [-0.1, -0.05) is 32.0 Å². The van der Waals surface area contributed by atoms with Crippen LogP contribution in [0.4, 0.5) is 0 Å². The zero-order valence-electron chi connectivity index (χ0n) is 16.7. The Balaban J connectivity index is 2.03. The van der Waals surface area contributed by atoms with Gasteiger partial charge in [0.1, 0.15) is 0 Å². The third kappa shape index (κ3) is 4.33. The SMILES string of the molecule is Cc1ccc(C(=O)NC(C)C)cc1-c1ccc2c(CC(C)C)nncc2c1. The molecule has 0 saturated carbocycles. The number of hydrogen-bond donors (Lipinski definition) is 1. The Kier molecular flexibility index (Phi) is 5.54. The summed E-state index contributed by atoms with van der Waals surface area (Å²) in [6.07, 6.45) is 2.72. The summed E-state index contributed by atoms with van der Waals surface area (Å²) < 4.78 is 0. The molecule has 4 heteroatoms. The topological polar surface area (TPSA) is 54.9 Å². The van der Waals surface area contributed by atoms with Crippen LogP contribution in [0.5, 0.6) is 0 Å². The van der Waals surface area contributed by atoms with Gasteiger partial charge < -0.3 is 5.32 Å². The van der Waals surface area contributed by atoms with Crippen molar-refractivity contribution < 1.29 is 4.79 Å². The molecule has 0 bridgehead atoms. The molecule has 3 rings (SSSR count). The number of aryl methyl sites for hydroxylation is 1. The Morgan fingerprint density at radius 1 is 1.07 bits per heavy atom. The summed E-state index contributed by atoms with van der Waals surface area (Å²) in [6, 6.07) is 12.3. The number of rotatable bonds is 5. The lowest BCUT2D eigenvalue weighted by atomic mass is 9.95. The predicted molar refractivity (Wildman–Crippen MR) is 111 cm³/mol. The summed E-state index contributed by atoms with van der Waals surface area (Å²) in [5, 5.41) is 13.7. The van der Waals surface area contributed by atoms with Gasteiger partial charge in [-0.2, -0.15) is 10.2 Å². The first kappa shape index (κ1) is 19.0. The first-order valence-corrected chi connectivity index (χ1v) is 9.51. The summed E-state index contributed by atoms with van der Waals surface area (Å²) in [7, 11) is 0. The minimum absolute atomic E-state index is 0.0443. The zero-order chi connectivity index (χ0) is 19.6. The summed E-state index contributed by atoms with van der Waals surface area (Å²) in [4.78, 5) is 12.4. The summed E-state index contributed by atoms with van der Waals surface area (Å²) in [6.45, 7) is 10.4. The third-order valence-electron chi connectivity index (χ3n) is 4.57. The molecular formula is C23H27N3O. The van der Waals surface area contributed by atoms with E-state index in [9.17, 15) is 4.79 Å². The van der Waals surface area contributed by atoms with Crippen LogP contribution in [0.2, 0.25) is 0 Å². The van der Waals surface area contributed by atoms with Crippen molar-refractivity contribution >= 4 is 16.7 Å². The van der Waals surface area contributed by atoms with E-state index in [2.05, 4.69) is 54.5 Å². The smallest absolute Gasteiger partial charge is 0.251 e. The Morgan fingerprint density at radius 3 is 2.56 bits per heavy atom. The van der Waals surface area contributed by atoms with Crippen LogP contribution in [-0.4, -0.2) is 22.1 Å². The standard InChI is InChI=1S/C23H27N3O/c1-14(2)10-22-20-9-8-17(11-19(20)13-24-26-22)21-12-18(7-6-16(21)5)23(27)25-15(3)4/h6-9,11-15H,10H2,1-5H3,(H,25,27). The normalized spacial score (nSPS) is 11.4. The second kappa shape index (κ2) is 7.87. The van der Waals surface area contributed by atoms with Gasteiger partial charge >= 0.3 is 0 Å². The lowest BCUT2D eigenvalue weighted by molar-refractivity contribution is 0.0943. The third-order valence-corrected chi connectivity index (χ3v) is 4.57. The Morgan fingerprint density at radius 2 is 1.85 bits per heavy atom. The Hall–Kier alpha value is -2.75. The van der Waals surface area contributed by atoms with E-state index in [0.717, 1.165) is 39.6 Å². The highest BCUT2D eigenvalue weighted by atomic mass is 16.1. The van der Waals surface area contributed by atoms with Gasteiger partial charge in [0.05, 0.1) is 11.9 Å². The maximum atomic E-state index is 12.4. The second-order valence-electron chi connectivity index (χ2n) is 7.85. The van der Waals surface area contributed by atoms with Crippen LogP contribution in [0, 0.1) is 12.8 Å². The van der Waals surface area contributed by atoms with Crippen LogP contribution in [0.15, 0.2) is 42.6 Å². The van der Waals surface area contributed by atoms with Crippen molar-refractivity contribution in [2.45, 2.75) is 47.1 Å². The number of nitrogens with zero attached hydrogens (tertiary/aromatic N) is 2. The number of carbonyl (C=O) groups excluding carboxylic acids is 1. The van der Waals surface area contributed by atoms with Crippen molar-refractivity contribution in [3.05, 3.63) is 59.4 Å². The second-order valence-corrected chi connectivity index (χ2v) is 7.85. The van der Waals surface area contributed by atoms with Gasteiger partial charge in [-0.25, -0.2) is 0 Å². The van der Waals surface area contributed by atoms with Crippen LogP contribution in [0.3, 0.4) is 0 Å². The van der Waals surface area contributed by atoms with Crippen molar-refractivity contribution in [1.29, 1.82) is 0 Å². The largest absolute Gasteiger partial charge is 0.350 e. The van der Waals surface area contributed by atoms with Gasteiger partial charge in [0.15, 0.2) is 0 Å². The van der Waals surface area contributed by atoms with E-state index in [0.29, 0.717) is 11.5 Å². The van der Waals surface area contributed by atoms with Crippen LogP contribution >= 0.6 is 0 Å². The Labute approximate surface area is 161 Å². The molecule has 3 aromatic rings. The summed E-state index contributed by atoms with van der Waals surface area (Å²) in [5.41, 5.74) is 5.01. The molecule has 0 fully saturated rings. The molecule has 1 heterocycles. The van der Waals surface area contributed by atoms with Gasteiger partial charge in [-0.3, -0.25) is 4.79 Å². The number of aromatic nitrogens is 2. The molecule has 0 atom stereocenters. The van der Waals surface area contributed by atoms with Crippen molar-refractivity contribution in [1.82, 2.24) is 15.5 Å². The molecule has 2 aromatic carbocycles. The fourth-order valence-corrected chi connectivity index (χ4v) is 3.27. The van der Waals surface area contributed by atoms with Crippen LogP contribution in [0.1, 0.15) is 49.3 Å².